The van der Waals surface area contributed by atoms with E-state index in [-0.39, 0.29) is 28.8 Å². The summed E-state index contributed by atoms with van der Waals surface area (Å²) >= 11 is 2.78. The standard InChI is InChI=1S/C12H13BrF3NO3S/c1-21(19,20)6-2-5-17-11(18)8-3-4-10(13)9(7-8)12(14,15)16/h3-4,7H,2,5-6H2,1H3,(H,17,18). The lowest BCUT2D eigenvalue weighted by atomic mass is 10.1. The maximum absolute atomic E-state index is 12.7. The summed E-state index contributed by atoms with van der Waals surface area (Å²) in [6.07, 6.45) is -3.29. The first-order chi connectivity index (χ1) is 9.50. The highest BCUT2D eigenvalue weighted by molar-refractivity contribution is 9.10. The monoisotopic (exact) mass is 387 g/mol. The van der Waals surface area contributed by atoms with Gasteiger partial charge in [0.2, 0.25) is 0 Å². The van der Waals surface area contributed by atoms with E-state index in [4.69, 9.17) is 0 Å². The molecule has 1 amide bonds. The number of hydrogen-bond acceptors (Lipinski definition) is 3. The molecule has 21 heavy (non-hydrogen) atoms. The maximum atomic E-state index is 12.7. The van der Waals surface area contributed by atoms with Crippen LogP contribution in [0, 0.1) is 0 Å². The fourth-order valence-corrected chi connectivity index (χ4v) is 2.66. The maximum Gasteiger partial charge on any atom is 0.417 e. The molecule has 1 aromatic carbocycles. The van der Waals surface area contributed by atoms with Gasteiger partial charge in [0.1, 0.15) is 9.84 Å². The van der Waals surface area contributed by atoms with E-state index in [2.05, 4.69) is 21.2 Å². The van der Waals surface area contributed by atoms with Crippen LogP contribution in [0.4, 0.5) is 13.2 Å². The largest absolute Gasteiger partial charge is 0.417 e. The second kappa shape index (κ2) is 6.78. The third-order valence-corrected chi connectivity index (χ3v) is 4.23. The van der Waals surface area contributed by atoms with E-state index < -0.39 is 27.5 Å². The molecule has 1 aromatic rings. The van der Waals surface area contributed by atoms with Crippen LogP contribution < -0.4 is 5.32 Å². The number of halogens is 4. The van der Waals surface area contributed by atoms with Crippen LogP contribution in [0.15, 0.2) is 22.7 Å². The van der Waals surface area contributed by atoms with Gasteiger partial charge in [-0.15, -0.1) is 0 Å². The summed E-state index contributed by atoms with van der Waals surface area (Å²) in [4.78, 5) is 11.7. The fourth-order valence-electron chi connectivity index (χ4n) is 1.52. The van der Waals surface area contributed by atoms with Crippen LogP contribution in [0.5, 0.6) is 0 Å². The number of carbonyl (C=O) groups is 1. The van der Waals surface area contributed by atoms with Crippen LogP contribution in [0.2, 0.25) is 0 Å². The molecule has 0 heterocycles. The highest BCUT2D eigenvalue weighted by Gasteiger charge is 2.33. The SMILES string of the molecule is CS(=O)(=O)CCCNC(=O)c1ccc(Br)c(C(F)(F)F)c1. The van der Waals surface area contributed by atoms with Crippen LogP contribution in [0.3, 0.4) is 0 Å². The van der Waals surface area contributed by atoms with Crippen molar-refractivity contribution in [2.75, 3.05) is 18.6 Å². The Morgan fingerprint density at radius 2 is 1.95 bits per heavy atom. The van der Waals surface area contributed by atoms with Gasteiger partial charge in [-0.05, 0) is 24.6 Å². The summed E-state index contributed by atoms with van der Waals surface area (Å²) in [7, 11) is -3.12. The smallest absolute Gasteiger partial charge is 0.352 e. The Balaban J connectivity index is 2.71. The number of carbonyl (C=O) groups excluding carboxylic acids is 1. The van der Waals surface area contributed by atoms with E-state index in [1.54, 1.807) is 0 Å². The van der Waals surface area contributed by atoms with Gasteiger partial charge in [-0.1, -0.05) is 15.9 Å². The average molecular weight is 388 g/mol. The molecule has 0 saturated heterocycles. The molecule has 118 valence electrons. The summed E-state index contributed by atoms with van der Waals surface area (Å²) in [6, 6.07) is 3.15. The lowest BCUT2D eigenvalue weighted by molar-refractivity contribution is -0.138. The Morgan fingerprint density at radius 1 is 1.33 bits per heavy atom. The van der Waals surface area contributed by atoms with Gasteiger partial charge in [0.25, 0.3) is 5.91 Å². The number of alkyl halides is 3. The fraction of sp³-hybridized carbons (Fsp3) is 0.417. The number of nitrogens with one attached hydrogen (secondary N) is 1. The van der Waals surface area contributed by atoms with Gasteiger partial charge < -0.3 is 5.32 Å². The lowest BCUT2D eigenvalue weighted by Gasteiger charge is -2.11. The van der Waals surface area contributed by atoms with Crippen molar-refractivity contribution in [1.82, 2.24) is 5.32 Å². The van der Waals surface area contributed by atoms with Crippen LogP contribution in [0.25, 0.3) is 0 Å². The number of sulfone groups is 1. The molecule has 0 aliphatic carbocycles. The van der Waals surface area contributed by atoms with E-state index in [1.807, 2.05) is 0 Å². The van der Waals surface area contributed by atoms with Gasteiger partial charge in [-0.2, -0.15) is 13.2 Å². The lowest BCUT2D eigenvalue weighted by Crippen LogP contribution is -2.26. The van der Waals surface area contributed by atoms with E-state index >= 15 is 0 Å². The van der Waals surface area contributed by atoms with Gasteiger partial charge in [0.15, 0.2) is 0 Å². The first-order valence-corrected chi connectivity index (χ1v) is 8.69. The van der Waals surface area contributed by atoms with E-state index in [1.165, 1.54) is 6.07 Å². The Labute approximate surface area is 128 Å². The number of hydrogen-bond donors (Lipinski definition) is 1. The molecular weight excluding hydrogens is 375 g/mol. The second-order valence-electron chi connectivity index (χ2n) is 4.43. The Hall–Kier alpha value is -1.09. The second-order valence-corrected chi connectivity index (χ2v) is 7.55. The van der Waals surface area contributed by atoms with Gasteiger partial charge in [0.05, 0.1) is 11.3 Å². The number of amides is 1. The van der Waals surface area contributed by atoms with Crippen molar-refractivity contribution in [3.8, 4) is 0 Å². The van der Waals surface area contributed by atoms with Gasteiger partial charge >= 0.3 is 6.18 Å². The number of rotatable bonds is 5. The molecule has 0 fully saturated rings. The normalized spacial score (nSPS) is 12.2. The minimum Gasteiger partial charge on any atom is -0.352 e. The van der Waals surface area contributed by atoms with Crippen LogP contribution in [0.1, 0.15) is 22.3 Å². The average Bonchev–Trinajstić information content (AvgIpc) is 2.32. The predicted octanol–water partition coefficient (Wildman–Crippen LogP) is 2.63. The highest BCUT2D eigenvalue weighted by Crippen LogP contribution is 2.35. The van der Waals surface area contributed by atoms with Gasteiger partial charge in [0, 0.05) is 22.8 Å². The Morgan fingerprint density at radius 3 is 2.48 bits per heavy atom. The van der Waals surface area contributed by atoms with Crippen molar-refractivity contribution < 1.29 is 26.4 Å². The summed E-state index contributed by atoms with van der Waals surface area (Å²) in [6.45, 7) is 0.0727. The molecule has 1 rings (SSSR count). The zero-order valence-corrected chi connectivity index (χ0v) is 13.4. The summed E-state index contributed by atoms with van der Waals surface area (Å²) < 4.78 is 59.7. The third kappa shape index (κ3) is 6.04. The quantitative estimate of drug-likeness (QED) is 0.789. The van der Waals surface area contributed by atoms with Crippen molar-refractivity contribution in [1.29, 1.82) is 0 Å². The molecule has 0 aromatic heterocycles. The molecule has 0 spiro atoms. The summed E-state index contributed by atoms with van der Waals surface area (Å²) in [5.41, 5.74) is -1.07. The molecule has 4 nitrogen and oxygen atoms in total. The highest BCUT2D eigenvalue weighted by atomic mass is 79.9. The molecule has 0 aliphatic heterocycles. The van der Waals surface area contributed by atoms with Gasteiger partial charge in [-0.25, -0.2) is 8.42 Å². The molecule has 1 N–H and O–H groups in total. The predicted molar refractivity (Wildman–Crippen MR) is 75.8 cm³/mol. The minimum absolute atomic E-state index is 0.0727. The molecule has 0 unspecified atom stereocenters. The summed E-state index contributed by atoms with van der Waals surface area (Å²) in [5.74, 6) is -0.775. The first kappa shape index (κ1) is 18.0. The van der Waals surface area contributed by atoms with E-state index in [0.29, 0.717) is 0 Å². The first-order valence-electron chi connectivity index (χ1n) is 5.83. The third-order valence-electron chi connectivity index (χ3n) is 2.51. The number of benzene rings is 1. The van der Waals surface area contributed by atoms with Crippen LogP contribution in [-0.2, 0) is 16.0 Å². The molecule has 0 bridgehead atoms. The van der Waals surface area contributed by atoms with Crippen LogP contribution >= 0.6 is 15.9 Å². The van der Waals surface area contributed by atoms with Crippen molar-refractivity contribution in [2.45, 2.75) is 12.6 Å². The molecule has 0 radical (unpaired) electrons. The van der Waals surface area contributed by atoms with Crippen molar-refractivity contribution >= 4 is 31.7 Å². The van der Waals surface area contributed by atoms with Crippen molar-refractivity contribution in [3.05, 3.63) is 33.8 Å². The molecule has 0 aliphatic rings. The summed E-state index contributed by atoms with van der Waals surface area (Å²) in [5, 5.41) is 2.38. The van der Waals surface area contributed by atoms with Crippen LogP contribution in [-0.4, -0.2) is 32.9 Å². The Bertz CT molecular complexity index is 629. The van der Waals surface area contributed by atoms with Crippen molar-refractivity contribution in [3.63, 3.8) is 0 Å². The Kier molecular flexibility index (Phi) is 5.80. The van der Waals surface area contributed by atoms with Crippen molar-refractivity contribution in [2.24, 2.45) is 0 Å². The van der Waals surface area contributed by atoms with Gasteiger partial charge in [-0.3, -0.25) is 4.79 Å². The zero-order valence-electron chi connectivity index (χ0n) is 11.0. The van der Waals surface area contributed by atoms with E-state index in [9.17, 15) is 26.4 Å². The van der Waals surface area contributed by atoms with E-state index in [0.717, 1.165) is 18.4 Å². The molecule has 0 atom stereocenters. The molecule has 9 heteroatoms. The molecular formula is C12H13BrF3NO3S. The molecule has 0 saturated carbocycles. The topological polar surface area (TPSA) is 63.2 Å². The zero-order chi connectivity index (χ0) is 16.3. The minimum atomic E-state index is -4.56.